The van der Waals surface area contributed by atoms with E-state index >= 15 is 0 Å². The van der Waals surface area contributed by atoms with Gasteiger partial charge in [0.15, 0.2) is 12.1 Å². The molecule has 2 saturated heterocycles. The Morgan fingerprint density at radius 1 is 1.25 bits per heavy atom. The Bertz CT molecular complexity index is 261. The molecular weight excluding hydrogens is 212 g/mol. The van der Waals surface area contributed by atoms with Gasteiger partial charge in [-0.05, 0) is 20.3 Å². The van der Waals surface area contributed by atoms with E-state index in [1.165, 1.54) is 0 Å². The molecule has 0 aromatic carbocycles. The molecule has 0 aromatic heterocycles. The van der Waals surface area contributed by atoms with Crippen molar-refractivity contribution in [1.82, 2.24) is 0 Å². The van der Waals surface area contributed by atoms with Crippen LogP contribution in [-0.4, -0.2) is 48.7 Å². The van der Waals surface area contributed by atoms with Crippen LogP contribution in [0.5, 0.6) is 0 Å². The SMILES string of the molecule is CCC1(CO)OC(OC)[C@H]2OC(C)(C)O[C@@H]21. The van der Waals surface area contributed by atoms with Crippen LogP contribution in [0.25, 0.3) is 0 Å². The molecule has 2 fully saturated rings. The highest BCUT2D eigenvalue weighted by Crippen LogP contribution is 2.45. The van der Waals surface area contributed by atoms with Crippen LogP contribution in [0, 0.1) is 0 Å². The number of fused-ring (bicyclic) bond motifs is 1. The van der Waals surface area contributed by atoms with Crippen molar-refractivity contribution >= 4 is 0 Å². The fraction of sp³-hybridized carbons (Fsp3) is 1.00. The van der Waals surface area contributed by atoms with Crippen LogP contribution >= 0.6 is 0 Å². The summed E-state index contributed by atoms with van der Waals surface area (Å²) >= 11 is 0. The number of hydrogen-bond donors (Lipinski definition) is 1. The number of methoxy groups -OCH3 is 1. The molecule has 0 bridgehead atoms. The highest BCUT2D eigenvalue weighted by Gasteiger charge is 2.62. The maximum atomic E-state index is 9.53. The summed E-state index contributed by atoms with van der Waals surface area (Å²) in [7, 11) is 1.57. The van der Waals surface area contributed by atoms with Gasteiger partial charge >= 0.3 is 0 Å². The number of aliphatic hydroxyl groups excluding tert-OH is 1. The van der Waals surface area contributed by atoms with E-state index in [9.17, 15) is 5.11 Å². The third-order valence-electron chi connectivity index (χ3n) is 3.37. The van der Waals surface area contributed by atoms with Crippen LogP contribution < -0.4 is 0 Å². The third-order valence-corrected chi connectivity index (χ3v) is 3.37. The molecule has 0 radical (unpaired) electrons. The van der Waals surface area contributed by atoms with Gasteiger partial charge in [-0.2, -0.15) is 0 Å². The maximum absolute atomic E-state index is 9.53. The van der Waals surface area contributed by atoms with Gasteiger partial charge in [-0.3, -0.25) is 0 Å². The van der Waals surface area contributed by atoms with Crippen LogP contribution in [0.15, 0.2) is 0 Å². The fourth-order valence-electron chi connectivity index (χ4n) is 2.47. The van der Waals surface area contributed by atoms with Gasteiger partial charge in [0.2, 0.25) is 0 Å². The quantitative estimate of drug-likeness (QED) is 0.774. The number of rotatable bonds is 3. The molecule has 2 unspecified atom stereocenters. The first-order valence-electron chi connectivity index (χ1n) is 5.65. The average Bonchev–Trinajstić information content (AvgIpc) is 2.70. The highest BCUT2D eigenvalue weighted by molar-refractivity contribution is 5.04. The molecule has 94 valence electrons. The van der Waals surface area contributed by atoms with E-state index in [4.69, 9.17) is 18.9 Å². The largest absolute Gasteiger partial charge is 0.393 e. The van der Waals surface area contributed by atoms with E-state index in [0.29, 0.717) is 6.42 Å². The Morgan fingerprint density at radius 3 is 2.44 bits per heavy atom. The molecule has 5 heteroatoms. The standard InChI is InChI=1S/C11H20O5/c1-5-11(6-12)8-7(9(13-4)16-11)14-10(2,3)15-8/h7-9,12H,5-6H2,1-4H3/t7-,8-,9?,11?/m0/s1. The Balaban J connectivity index is 2.26. The second-order valence-electron chi connectivity index (χ2n) is 4.82. The van der Waals surface area contributed by atoms with Gasteiger partial charge in [-0.25, -0.2) is 0 Å². The fourth-order valence-corrected chi connectivity index (χ4v) is 2.47. The molecule has 0 saturated carbocycles. The first-order valence-corrected chi connectivity index (χ1v) is 5.65. The van der Waals surface area contributed by atoms with Crippen LogP contribution in [0.1, 0.15) is 27.2 Å². The zero-order valence-electron chi connectivity index (χ0n) is 10.2. The van der Waals surface area contributed by atoms with E-state index in [-0.39, 0.29) is 18.8 Å². The van der Waals surface area contributed by atoms with Gasteiger partial charge < -0.3 is 24.1 Å². The van der Waals surface area contributed by atoms with Gasteiger partial charge in [0.1, 0.15) is 17.8 Å². The molecule has 5 nitrogen and oxygen atoms in total. The summed E-state index contributed by atoms with van der Waals surface area (Å²) in [4.78, 5) is 0. The topological polar surface area (TPSA) is 57.2 Å². The zero-order valence-corrected chi connectivity index (χ0v) is 10.2. The Morgan fingerprint density at radius 2 is 1.94 bits per heavy atom. The summed E-state index contributed by atoms with van der Waals surface area (Å²) in [5.74, 6) is -0.647. The van der Waals surface area contributed by atoms with Crippen LogP contribution in [-0.2, 0) is 18.9 Å². The van der Waals surface area contributed by atoms with E-state index in [0.717, 1.165) is 0 Å². The summed E-state index contributed by atoms with van der Waals surface area (Å²) in [6.07, 6.45) is -0.363. The van der Waals surface area contributed by atoms with Gasteiger partial charge in [0.25, 0.3) is 0 Å². The lowest BCUT2D eigenvalue weighted by molar-refractivity contribution is -0.256. The van der Waals surface area contributed by atoms with Crippen molar-refractivity contribution in [2.45, 2.75) is 57.1 Å². The lowest BCUT2D eigenvalue weighted by atomic mass is 9.93. The summed E-state index contributed by atoms with van der Waals surface area (Å²) in [5.41, 5.74) is -0.709. The summed E-state index contributed by atoms with van der Waals surface area (Å²) < 4.78 is 22.5. The van der Waals surface area contributed by atoms with Crippen molar-refractivity contribution in [2.75, 3.05) is 13.7 Å². The predicted octanol–water partition coefficient (Wildman–Crippen LogP) is 0.650. The van der Waals surface area contributed by atoms with Gasteiger partial charge in [0, 0.05) is 7.11 Å². The summed E-state index contributed by atoms with van der Waals surface area (Å²) in [6, 6.07) is 0. The predicted molar refractivity (Wildman–Crippen MR) is 55.8 cm³/mol. The van der Waals surface area contributed by atoms with Crippen molar-refractivity contribution in [2.24, 2.45) is 0 Å². The number of hydrogen-bond acceptors (Lipinski definition) is 5. The van der Waals surface area contributed by atoms with Crippen LogP contribution in [0.4, 0.5) is 0 Å². The number of ether oxygens (including phenoxy) is 4. The van der Waals surface area contributed by atoms with Crippen molar-refractivity contribution in [3.8, 4) is 0 Å². The minimum atomic E-state index is -0.709. The maximum Gasteiger partial charge on any atom is 0.187 e. The number of aliphatic hydroxyl groups is 1. The second-order valence-corrected chi connectivity index (χ2v) is 4.82. The van der Waals surface area contributed by atoms with Gasteiger partial charge in [-0.1, -0.05) is 6.92 Å². The molecule has 0 aliphatic carbocycles. The Kier molecular flexibility index (Phi) is 3.01. The average molecular weight is 232 g/mol. The van der Waals surface area contributed by atoms with E-state index in [1.807, 2.05) is 20.8 Å². The van der Waals surface area contributed by atoms with Crippen LogP contribution in [0.3, 0.4) is 0 Å². The summed E-state index contributed by atoms with van der Waals surface area (Å²) in [6.45, 7) is 5.58. The zero-order chi connectivity index (χ0) is 12.0. The molecule has 0 aromatic rings. The molecule has 0 spiro atoms. The molecule has 4 atom stereocenters. The van der Waals surface area contributed by atoms with Crippen LogP contribution in [0.2, 0.25) is 0 Å². The third kappa shape index (κ3) is 1.67. The first kappa shape index (κ1) is 12.3. The lowest BCUT2D eigenvalue weighted by Crippen LogP contribution is -2.45. The molecule has 16 heavy (non-hydrogen) atoms. The van der Waals surface area contributed by atoms with Gasteiger partial charge in [0.05, 0.1) is 6.61 Å². The molecular formula is C11H20O5. The van der Waals surface area contributed by atoms with E-state index in [1.54, 1.807) is 7.11 Å². The van der Waals surface area contributed by atoms with Crippen molar-refractivity contribution in [3.63, 3.8) is 0 Å². The summed E-state index contributed by atoms with van der Waals surface area (Å²) in [5, 5.41) is 9.53. The normalized spacial score (nSPS) is 45.9. The molecule has 0 amide bonds. The molecule has 1 N–H and O–H groups in total. The minimum Gasteiger partial charge on any atom is -0.393 e. The second kappa shape index (κ2) is 3.92. The lowest BCUT2D eigenvalue weighted by Gasteiger charge is -2.31. The first-order chi connectivity index (χ1) is 7.48. The Hall–Kier alpha value is -0.200. The monoisotopic (exact) mass is 232 g/mol. The molecule has 2 heterocycles. The molecule has 2 rings (SSSR count). The van der Waals surface area contributed by atoms with Crippen molar-refractivity contribution < 1.29 is 24.1 Å². The van der Waals surface area contributed by atoms with Gasteiger partial charge in [-0.15, -0.1) is 0 Å². The smallest absolute Gasteiger partial charge is 0.187 e. The minimum absolute atomic E-state index is 0.0933. The van der Waals surface area contributed by atoms with E-state index < -0.39 is 17.7 Å². The molecule has 2 aliphatic rings. The van der Waals surface area contributed by atoms with E-state index in [2.05, 4.69) is 0 Å². The molecule has 2 aliphatic heterocycles. The van der Waals surface area contributed by atoms with Crippen molar-refractivity contribution in [3.05, 3.63) is 0 Å². The Labute approximate surface area is 95.6 Å². The van der Waals surface area contributed by atoms with Crippen molar-refractivity contribution in [1.29, 1.82) is 0 Å². The highest BCUT2D eigenvalue weighted by atomic mass is 16.8.